The first-order valence-corrected chi connectivity index (χ1v) is 16.8. The first kappa shape index (κ1) is 33.3. The maximum Gasteiger partial charge on any atom is 0.509 e. The van der Waals surface area contributed by atoms with E-state index in [1.165, 1.54) is 0 Å². The van der Waals surface area contributed by atoms with Crippen molar-refractivity contribution in [2.45, 2.75) is 90.7 Å². The number of ether oxygens (including phenoxy) is 4. The van der Waals surface area contributed by atoms with E-state index in [9.17, 15) is 19.2 Å². The van der Waals surface area contributed by atoms with Gasteiger partial charge >= 0.3 is 18.2 Å². The van der Waals surface area contributed by atoms with Gasteiger partial charge in [0.15, 0.2) is 0 Å². The lowest BCUT2D eigenvalue weighted by atomic mass is 9.85. The first-order chi connectivity index (χ1) is 21.9. The molecule has 1 atom stereocenters. The highest BCUT2D eigenvalue weighted by Crippen LogP contribution is 2.42. The molecule has 0 bridgehead atoms. The molecule has 2 aromatic heterocycles. The predicted molar refractivity (Wildman–Crippen MR) is 175 cm³/mol. The molecule has 2 aliphatic heterocycles. The van der Waals surface area contributed by atoms with E-state index in [1.807, 2.05) is 13.8 Å². The number of hydrogen-bond acceptors (Lipinski definition) is 10. The smallest absolute Gasteiger partial charge is 0.457 e. The van der Waals surface area contributed by atoms with E-state index >= 15 is 0 Å². The predicted octanol–water partition coefficient (Wildman–Crippen LogP) is 6.22. The summed E-state index contributed by atoms with van der Waals surface area (Å²) < 4.78 is 23.6. The van der Waals surface area contributed by atoms with Crippen molar-refractivity contribution in [2.75, 3.05) is 18.9 Å². The Hall–Kier alpha value is -4.06. The molecule has 3 aromatic rings. The number of carbonyl (C=O) groups excluding carboxylic acids is 3. The Morgan fingerprint density at radius 3 is 2.61 bits per heavy atom. The second-order valence-electron chi connectivity index (χ2n) is 12.4. The highest BCUT2D eigenvalue weighted by Gasteiger charge is 2.51. The number of cyclic esters (lactones) is 1. The molecule has 1 N–H and O–H groups in total. The lowest BCUT2D eigenvalue weighted by Gasteiger charge is -2.35. The number of aryl methyl sites for hydroxylation is 1. The largest absolute Gasteiger partial charge is 0.509 e. The molecule has 4 heterocycles. The minimum absolute atomic E-state index is 0.000362. The van der Waals surface area contributed by atoms with Crippen LogP contribution in [-0.2, 0) is 44.2 Å². The van der Waals surface area contributed by atoms with Crippen LogP contribution in [0.25, 0.3) is 22.3 Å². The molecule has 246 valence electrons. The average molecular weight is 652 g/mol. The van der Waals surface area contributed by atoms with Crippen molar-refractivity contribution in [3.05, 3.63) is 56.9 Å². The van der Waals surface area contributed by atoms with Crippen LogP contribution in [0.1, 0.15) is 83.1 Å². The van der Waals surface area contributed by atoms with Gasteiger partial charge in [0.2, 0.25) is 5.60 Å². The molecule has 1 aromatic carbocycles. The summed E-state index contributed by atoms with van der Waals surface area (Å²) >= 11 is 1.63. The highest BCUT2D eigenvalue weighted by atomic mass is 32.2. The maximum absolute atomic E-state index is 14.0. The van der Waals surface area contributed by atoms with Crippen molar-refractivity contribution in [3.8, 4) is 17.1 Å². The van der Waals surface area contributed by atoms with Gasteiger partial charge < -0.3 is 28.8 Å². The Bertz CT molecular complexity index is 1750. The van der Waals surface area contributed by atoms with E-state index in [-0.39, 0.29) is 47.6 Å². The van der Waals surface area contributed by atoms with Crippen molar-refractivity contribution in [2.24, 2.45) is 0 Å². The molecule has 5 rings (SSSR count). The second kappa shape index (κ2) is 13.4. The number of pyridine rings is 2. The lowest BCUT2D eigenvalue weighted by molar-refractivity contribution is -0.175. The van der Waals surface area contributed by atoms with Crippen LogP contribution in [0.5, 0.6) is 5.75 Å². The van der Waals surface area contributed by atoms with Gasteiger partial charge in [0.1, 0.15) is 19.0 Å². The monoisotopic (exact) mass is 651 g/mol. The molecule has 2 aliphatic rings. The zero-order valence-corrected chi connectivity index (χ0v) is 28.1. The summed E-state index contributed by atoms with van der Waals surface area (Å²) in [6, 6.07) is 7.00. The third-order valence-corrected chi connectivity index (χ3v) is 9.44. The fraction of sp³-hybridized carbons (Fsp3) is 0.500. The molecule has 1 amide bonds. The fourth-order valence-corrected chi connectivity index (χ4v) is 6.70. The fourth-order valence-electron chi connectivity index (χ4n) is 5.92. The normalized spacial score (nSPS) is 16.7. The Morgan fingerprint density at radius 1 is 1.13 bits per heavy atom. The van der Waals surface area contributed by atoms with Crippen LogP contribution in [0.2, 0.25) is 0 Å². The number of fused-ring (bicyclic) bond motifs is 5. The van der Waals surface area contributed by atoms with Gasteiger partial charge in [-0.25, -0.2) is 19.4 Å². The van der Waals surface area contributed by atoms with E-state index in [0.717, 1.165) is 29.4 Å². The third-order valence-electron chi connectivity index (χ3n) is 8.20. The van der Waals surface area contributed by atoms with E-state index in [2.05, 4.69) is 26.1 Å². The van der Waals surface area contributed by atoms with E-state index in [4.69, 9.17) is 23.9 Å². The number of unbranched alkanes of at least 4 members (excludes halogenated alkanes) is 1. The molecule has 12 heteroatoms. The molecule has 11 nitrogen and oxygen atoms in total. The number of hydrogen-bond donors (Lipinski definition) is 1. The molecule has 0 fully saturated rings. The highest BCUT2D eigenvalue weighted by molar-refractivity contribution is 8.00. The standard InChI is InChI=1S/C34H41N3O8S/c1-7-10-13-35-31(40)44-20-11-12-26-22(16-20)21(8-2)23-18-37-27(28(23)36-26)17-25-24(29(37)38)19-43-30(39)34(25,9-3)45-32(41)42-14-15-46-33(4,5)6/h11-12,16-17H,7-10,13-15,18-19H2,1-6H3,(H,35,40)/t34-/m0/s1. The van der Waals surface area contributed by atoms with Crippen molar-refractivity contribution in [1.82, 2.24) is 14.9 Å². The summed E-state index contributed by atoms with van der Waals surface area (Å²) in [5.41, 5.74) is 2.00. The number of aromatic nitrogens is 2. The minimum Gasteiger partial charge on any atom is -0.457 e. The van der Waals surface area contributed by atoms with E-state index in [1.54, 1.807) is 47.5 Å². The molecule has 0 saturated heterocycles. The van der Waals surface area contributed by atoms with Gasteiger partial charge in [-0.05, 0) is 49.1 Å². The zero-order chi connectivity index (χ0) is 33.2. The number of rotatable bonds is 10. The topological polar surface area (TPSA) is 135 Å². The van der Waals surface area contributed by atoms with Gasteiger partial charge in [-0.15, -0.1) is 0 Å². The lowest BCUT2D eigenvalue weighted by Crippen LogP contribution is -2.47. The number of amides is 1. The molecule has 0 radical (unpaired) electrons. The van der Waals surface area contributed by atoms with Gasteiger partial charge in [-0.3, -0.25) is 4.79 Å². The summed E-state index contributed by atoms with van der Waals surface area (Å²) in [6.45, 7) is 12.6. The zero-order valence-electron chi connectivity index (χ0n) is 27.2. The van der Waals surface area contributed by atoms with Crippen LogP contribution >= 0.6 is 11.8 Å². The Balaban J connectivity index is 1.50. The molecular formula is C34H41N3O8S. The third kappa shape index (κ3) is 6.44. The van der Waals surface area contributed by atoms with Crippen LogP contribution in [-0.4, -0.2) is 51.4 Å². The SMILES string of the molecule is CCCCNC(=O)Oc1ccc2nc3c(c(CC)c2c1)Cn1c-3cc2c(c1=O)COC(=O)[C@@]2(CC)OC(=O)OCCSC(C)(C)C. The summed E-state index contributed by atoms with van der Waals surface area (Å²) in [6.07, 6.45) is 0.978. The van der Waals surface area contributed by atoms with Crippen LogP contribution < -0.4 is 15.6 Å². The average Bonchev–Trinajstić information content (AvgIpc) is 3.38. The van der Waals surface area contributed by atoms with E-state index < -0.39 is 23.8 Å². The Morgan fingerprint density at radius 2 is 1.91 bits per heavy atom. The van der Waals surface area contributed by atoms with Crippen LogP contribution in [0.4, 0.5) is 9.59 Å². The van der Waals surface area contributed by atoms with Crippen molar-refractivity contribution >= 4 is 40.9 Å². The molecule has 46 heavy (non-hydrogen) atoms. The molecular weight excluding hydrogens is 610 g/mol. The Labute approximate surface area is 272 Å². The van der Waals surface area contributed by atoms with Crippen LogP contribution in [0, 0.1) is 0 Å². The summed E-state index contributed by atoms with van der Waals surface area (Å²) in [5, 5.41) is 3.57. The van der Waals surface area contributed by atoms with E-state index in [0.29, 0.717) is 41.4 Å². The Kier molecular flexibility index (Phi) is 9.67. The van der Waals surface area contributed by atoms with Crippen LogP contribution in [0.3, 0.4) is 0 Å². The summed E-state index contributed by atoms with van der Waals surface area (Å²) in [7, 11) is 0. The summed E-state index contributed by atoms with van der Waals surface area (Å²) in [4.78, 5) is 57.3. The number of thioether (sulfide) groups is 1. The molecule has 0 saturated carbocycles. The quantitative estimate of drug-likeness (QED) is 0.155. The number of benzene rings is 1. The summed E-state index contributed by atoms with van der Waals surface area (Å²) in [5.74, 6) is 0.201. The minimum atomic E-state index is -1.84. The van der Waals surface area contributed by atoms with Gasteiger partial charge in [0, 0.05) is 33.6 Å². The van der Waals surface area contributed by atoms with Crippen molar-refractivity contribution in [3.63, 3.8) is 0 Å². The maximum atomic E-state index is 14.0. The number of esters is 1. The first-order valence-electron chi connectivity index (χ1n) is 15.8. The molecule has 0 aliphatic carbocycles. The second-order valence-corrected chi connectivity index (χ2v) is 14.3. The van der Waals surface area contributed by atoms with Crippen LogP contribution in [0.15, 0.2) is 29.1 Å². The van der Waals surface area contributed by atoms with Gasteiger partial charge in [-0.1, -0.05) is 48.0 Å². The molecule has 0 unspecified atom stereocenters. The molecule has 0 spiro atoms. The van der Waals surface area contributed by atoms with Gasteiger partial charge in [0.05, 0.1) is 29.0 Å². The van der Waals surface area contributed by atoms with Gasteiger partial charge in [-0.2, -0.15) is 11.8 Å². The number of nitrogens with zero attached hydrogens (tertiary/aromatic N) is 2. The van der Waals surface area contributed by atoms with Crippen molar-refractivity contribution < 1.29 is 33.3 Å². The number of carbonyl (C=O) groups is 3. The van der Waals surface area contributed by atoms with Gasteiger partial charge in [0.25, 0.3) is 5.56 Å². The number of nitrogens with one attached hydrogen (secondary N) is 1. The van der Waals surface area contributed by atoms with Crippen molar-refractivity contribution in [1.29, 1.82) is 0 Å².